The molecule has 0 spiro atoms. The van der Waals surface area contributed by atoms with Crippen LogP contribution in [0.15, 0.2) is 23.2 Å². The number of rotatable bonds is 6. The third kappa shape index (κ3) is 3.82. The number of nitrogens with one attached hydrogen (secondary N) is 1. The Morgan fingerprint density at radius 3 is 2.74 bits per heavy atom. The highest BCUT2D eigenvalue weighted by molar-refractivity contribution is 7.08. The summed E-state index contributed by atoms with van der Waals surface area (Å²) < 4.78 is 9.34. The minimum Gasteiger partial charge on any atom is -0.379 e. The molecule has 1 fully saturated rings. The van der Waals surface area contributed by atoms with E-state index >= 15 is 0 Å². The second-order valence-corrected chi connectivity index (χ2v) is 8.49. The molecule has 5 heterocycles. The Labute approximate surface area is 184 Å². The van der Waals surface area contributed by atoms with Gasteiger partial charge in [-0.25, -0.2) is 15.0 Å². The summed E-state index contributed by atoms with van der Waals surface area (Å²) in [4.78, 5) is 16.9. The number of nitrogens with zero attached hydrogens (tertiary/aromatic N) is 7. The van der Waals surface area contributed by atoms with Crippen LogP contribution in [0.1, 0.15) is 11.4 Å². The fraction of sp³-hybridized carbons (Fsp3) is 0.429. The van der Waals surface area contributed by atoms with Gasteiger partial charge in [0.2, 0.25) is 0 Å². The SMILES string of the molecule is Cc1nn(C)c(C)c1-c1nc(NCCN2CCOCC2)c2ncn(-c3ccsc3)c2n1. The van der Waals surface area contributed by atoms with Crippen molar-refractivity contribution < 1.29 is 4.74 Å². The summed E-state index contributed by atoms with van der Waals surface area (Å²) in [7, 11) is 1.95. The van der Waals surface area contributed by atoms with Gasteiger partial charge in [0, 0.05) is 44.3 Å². The largest absolute Gasteiger partial charge is 0.379 e. The summed E-state index contributed by atoms with van der Waals surface area (Å²) in [6.07, 6.45) is 1.82. The Bertz CT molecular complexity index is 1190. The molecule has 1 saturated heterocycles. The van der Waals surface area contributed by atoms with Crippen LogP contribution >= 0.6 is 11.3 Å². The Hall–Kier alpha value is -2.82. The van der Waals surface area contributed by atoms with E-state index in [2.05, 4.69) is 37.1 Å². The van der Waals surface area contributed by atoms with Gasteiger partial charge in [-0.1, -0.05) is 0 Å². The van der Waals surface area contributed by atoms with Crippen molar-refractivity contribution in [2.45, 2.75) is 13.8 Å². The first-order chi connectivity index (χ1) is 15.1. The molecule has 162 valence electrons. The lowest BCUT2D eigenvalue weighted by Crippen LogP contribution is -2.39. The van der Waals surface area contributed by atoms with E-state index in [9.17, 15) is 0 Å². The molecular formula is C21H26N8OS. The van der Waals surface area contributed by atoms with Gasteiger partial charge in [0.15, 0.2) is 22.8 Å². The van der Waals surface area contributed by atoms with Crippen molar-refractivity contribution in [3.8, 4) is 17.1 Å². The first-order valence-corrected chi connectivity index (χ1v) is 11.4. The number of ether oxygens (including phenoxy) is 1. The summed E-state index contributed by atoms with van der Waals surface area (Å²) in [6.45, 7) is 9.28. The smallest absolute Gasteiger partial charge is 0.170 e. The highest BCUT2D eigenvalue weighted by Crippen LogP contribution is 2.29. The predicted octanol–water partition coefficient (Wildman–Crippen LogP) is 2.64. The van der Waals surface area contributed by atoms with E-state index in [0.717, 1.165) is 79.0 Å². The molecule has 0 bridgehead atoms. The van der Waals surface area contributed by atoms with Gasteiger partial charge in [-0.2, -0.15) is 16.4 Å². The molecule has 0 aromatic carbocycles. The van der Waals surface area contributed by atoms with Crippen LogP contribution < -0.4 is 5.32 Å². The van der Waals surface area contributed by atoms with Crippen LogP contribution in [0.4, 0.5) is 5.82 Å². The number of thiophene rings is 1. The van der Waals surface area contributed by atoms with Gasteiger partial charge < -0.3 is 10.1 Å². The molecule has 0 unspecified atom stereocenters. The molecular weight excluding hydrogens is 412 g/mol. The highest BCUT2D eigenvalue weighted by Gasteiger charge is 2.20. The van der Waals surface area contributed by atoms with E-state index in [1.165, 1.54) is 0 Å². The van der Waals surface area contributed by atoms with Crippen LogP contribution in [0.25, 0.3) is 28.2 Å². The van der Waals surface area contributed by atoms with Crippen LogP contribution in [0.2, 0.25) is 0 Å². The van der Waals surface area contributed by atoms with Crippen LogP contribution in [-0.2, 0) is 11.8 Å². The summed E-state index contributed by atoms with van der Waals surface area (Å²) in [5.41, 5.74) is 5.55. The maximum Gasteiger partial charge on any atom is 0.170 e. The zero-order valence-electron chi connectivity index (χ0n) is 18.0. The topological polar surface area (TPSA) is 85.9 Å². The van der Waals surface area contributed by atoms with Crippen LogP contribution in [0.5, 0.6) is 0 Å². The van der Waals surface area contributed by atoms with Gasteiger partial charge in [0.25, 0.3) is 0 Å². The fourth-order valence-electron chi connectivity index (χ4n) is 3.97. The number of morpholine rings is 1. The van der Waals surface area contributed by atoms with Crippen molar-refractivity contribution in [2.24, 2.45) is 7.05 Å². The summed E-state index contributed by atoms with van der Waals surface area (Å²) >= 11 is 1.65. The van der Waals surface area contributed by atoms with E-state index in [-0.39, 0.29) is 0 Å². The Morgan fingerprint density at radius 2 is 2.03 bits per heavy atom. The molecule has 5 rings (SSSR count). The number of imidazole rings is 1. The summed E-state index contributed by atoms with van der Waals surface area (Å²) in [5.74, 6) is 1.42. The van der Waals surface area contributed by atoms with Gasteiger partial charge in [0.05, 0.1) is 30.2 Å². The normalized spacial score (nSPS) is 15.1. The molecule has 0 amide bonds. The zero-order valence-corrected chi connectivity index (χ0v) is 18.8. The maximum absolute atomic E-state index is 5.45. The van der Waals surface area contributed by atoms with Gasteiger partial charge in [-0.3, -0.25) is 14.1 Å². The average molecular weight is 439 g/mol. The van der Waals surface area contributed by atoms with Crippen molar-refractivity contribution in [1.82, 2.24) is 34.2 Å². The quantitative estimate of drug-likeness (QED) is 0.495. The lowest BCUT2D eigenvalue weighted by Gasteiger charge is -2.26. The molecule has 4 aromatic heterocycles. The minimum atomic E-state index is 0.668. The number of aryl methyl sites for hydroxylation is 2. The summed E-state index contributed by atoms with van der Waals surface area (Å²) in [6, 6.07) is 2.07. The number of aromatic nitrogens is 6. The zero-order chi connectivity index (χ0) is 21.4. The molecule has 10 heteroatoms. The first kappa shape index (κ1) is 20.1. The van der Waals surface area contributed by atoms with Crippen molar-refractivity contribution in [2.75, 3.05) is 44.7 Å². The monoisotopic (exact) mass is 438 g/mol. The number of anilines is 1. The van der Waals surface area contributed by atoms with E-state index in [4.69, 9.17) is 14.7 Å². The van der Waals surface area contributed by atoms with Crippen molar-refractivity contribution in [1.29, 1.82) is 0 Å². The molecule has 0 radical (unpaired) electrons. The molecule has 0 saturated carbocycles. The Morgan fingerprint density at radius 1 is 1.19 bits per heavy atom. The number of hydrogen-bond acceptors (Lipinski definition) is 8. The molecule has 0 aliphatic carbocycles. The molecule has 31 heavy (non-hydrogen) atoms. The Kier molecular flexibility index (Phi) is 5.43. The number of fused-ring (bicyclic) bond motifs is 1. The summed E-state index contributed by atoms with van der Waals surface area (Å²) in [5, 5.41) is 12.2. The average Bonchev–Trinajstić information content (AvgIpc) is 3.49. The lowest BCUT2D eigenvalue weighted by atomic mass is 10.2. The van der Waals surface area contributed by atoms with Gasteiger partial charge in [0.1, 0.15) is 6.33 Å². The minimum absolute atomic E-state index is 0.668. The third-order valence-electron chi connectivity index (χ3n) is 5.74. The molecule has 0 atom stereocenters. The molecule has 1 aliphatic rings. The fourth-order valence-corrected chi connectivity index (χ4v) is 4.60. The van der Waals surface area contributed by atoms with Crippen LogP contribution in [0.3, 0.4) is 0 Å². The third-order valence-corrected chi connectivity index (χ3v) is 6.41. The van der Waals surface area contributed by atoms with Crippen molar-refractivity contribution >= 4 is 28.3 Å². The second kappa shape index (κ2) is 8.37. The van der Waals surface area contributed by atoms with Gasteiger partial charge in [-0.05, 0) is 25.3 Å². The van der Waals surface area contributed by atoms with Gasteiger partial charge in [-0.15, -0.1) is 0 Å². The highest BCUT2D eigenvalue weighted by atomic mass is 32.1. The van der Waals surface area contributed by atoms with E-state index in [0.29, 0.717) is 5.82 Å². The second-order valence-electron chi connectivity index (χ2n) is 7.71. The molecule has 1 aliphatic heterocycles. The van der Waals surface area contributed by atoms with E-state index in [1.807, 2.05) is 36.5 Å². The van der Waals surface area contributed by atoms with Crippen LogP contribution in [0, 0.1) is 13.8 Å². The van der Waals surface area contributed by atoms with Crippen molar-refractivity contribution in [3.63, 3.8) is 0 Å². The molecule has 9 nitrogen and oxygen atoms in total. The number of hydrogen-bond donors (Lipinski definition) is 1. The Balaban J connectivity index is 1.54. The first-order valence-electron chi connectivity index (χ1n) is 10.4. The molecule has 1 N–H and O–H groups in total. The van der Waals surface area contributed by atoms with Gasteiger partial charge >= 0.3 is 0 Å². The van der Waals surface area contributed by atoms with E-state index < -0.39 is 0 Å². The van der Waals surface area contributed by atoms with Crippen LogP contribution in [-0.4, -0.2) is 73.6 Å². The molecule has 4 aromatic rings. The standard InChI is InChI=1S/C21H26N8OS/c1-14-17(15(2)27(3)26-14)19-24-20(22-5-6-28-7-9-30-10-8-28)18-21(25-19)29(13-23-18)16-4-11-31-12-16/h4,11-13H,5-10H2,1-3H3,(H,22,24,25). The van der Waals surface area contributed by atoms with Crippen molar-refractivity contribution in [3.05, 3.63) is 34.5 Å². The van der Waals surface area contributed by atoms with E-state index in [1.54, 1.807) is 11.3 Å². The lowest BCUT2D eigenvalue weighted by molar-refractivity contribution is 0.0398. The predicted molar refractivity (Wildman–Crippen MR) is 122 cm³/mol. The maximum atomic E-state index is 5.45.